The number of imide groups is 1. The fraction of sp³-hybridized carbons (Fsp3) is 0.250. The maximum Gasteiger partial charge on any atom is 0.378 e. The molecule has 0 N–H and O–H groups in total. The van der Waals surface area contributed by atoms with E-state index in [0.29, 0.717) is 24.3 Å². The second-order valence-electron chi connectivity index (χ2n) is 7.60. The molecule has 2 aromatic carbocycles. The van der Waals surface area contributed by atoms with Crippen LogP contribution in [-0.4, -0.2) is 29.6 Å². The molecule has 0 saturated carbocycles. The molecule has 32 heavy (non-hydrogen) atoms. The Balaban J connectivity index is 1.82. The minimum absolute atomic E-state index is 0.121. The molecule has 0 unspecified atom stereocenters. The van der Waals surface area contributed by atoms with Crippen molar-refractivity contribution in [3.63, 3.8) is 0 Å². The van der Waals surface area contributed by atoms with Crippen molar-refractivity contribution in [3.05, 3.63) is 71.3 Å². The van der Waals surface area contributed by atoms with Gasteiger partial charge in [-0.3, -0.25) is 14.2 Å². The normalized spacial score (nSPS) is 15.0. The van der Waals surface area contributed by atoms with E-state index in [1.54, 1.807) is 42.7 Å². The molecule has 5 rings (SSSR count). The Hall–Kier alpha value is -2.99. The Bertz CT molecular complexity index is 1270. The number of hydrogen-bond acceptors (Lipinski definition) is 5. The molecule has 0 aliphatic carbocycles. The molecule has 2 amide bonds. The van der Waals surface area contributed by atoms with Gasteiger partial charge in [0.1, 0.15) is 5.44 Å². The molecule has 2 aliphatic heterocycles. The van der Waals surface area contributed by atoms with E-state index in [2.05, 4.69) is 0 Å². The summed E-state index contributed by atoms with van der Waals surface area (Å²) in [5.74, 6) is -0.937. The molecule has 0 radical (unpaired) electrons. The van der Waals surface area contributed by atoms with Crippen LogP contribution in [0.5, 0.6) is 0 Å². The summed E-state index contributed by atoms with van der Waals surface area (Å²) in [6.07, 6.45) is 0.687. The summed E-state index contributed by atoms with van der Waals surface area (Å²) in [7, 11) is -3.86. The number of fused-ring (bicyclic) bond motifs is 5. The molecule has 1 aromatic heterocycles. The Morgan fingerprint density at radius 3 is 2.19 bits per heavy atom. The van der Waals surface area contributed by atoms with Crippen molar-refractivity contribution in [3.8, 4) is 11.3 Å². The lowest BCUT2D eigenvalue weighted by atomic mass is 9.96. The molecule has 0 bridgehead atoms. The summed E-state index contributed by atoms with van der Waals surface area (Å²) in [5.41, 5.74) is 3.57. The zero-order valence-corrected chi connectivity index (χ0v) is 18.8. The summed E-state index contributed by atoms with van der Waals surface area (Å²) in [6.45, 7) is 4.22. The Labute approximate surface area is 186 Å². The first-order valence-corrected chi connectivity index (χ1v) is 12.2. The molecule has 3 aromatic rings. The molecular formula is C24H23N2O5P. The number of hydrogen-bond donors (Lipinski definition) is 0. The highest BCUT2D eigenvalue weighted by atomic mass is 31.2. The zero-order chi connectivity index (χ0) is 22.5. The molecule has 0 spiro atoms. The van der Waals surface area contributed by atoms with E-state index in [0.717, 1.165) is 16.0 Å². The van der Waals surface area contributed by atoms with Gasteiger partial charge in [0.2, 0.25) is 0 Å². The van der Waals surface area contributed by atoms with Gasteiger partial charge < -0.3 is 13.6 Å². The van der Waals surface area contributed by atoms with Crippen LogP contribution in [-0.2, 0) is 26.6 Å². The number of aryl methyl sites for hydroxylation is 1. The Morgan fingerprint density at radius 2 is 1.50 bits per heavy atom. The summed E-state index contributed by atoms with van der Waals surface area (Å²) >= 11 is 0. The second kappa shape index (κ2) is 7.85. The van der Waals surface area contributed by atoms with Gasteiger partial charge in [0, 0.05) is 12.1 Å². The van der Waals surface area contributed by atoms with Gasteiger partial charge in [-0.2, -0.15) is 0 Å². The van der Waals surface area contributed by atoms with Gasteiger partial charge in [-0.25, -0.2) is 4.90 Å². The largest absolute Gasteiger partial charge is 0.378 e. The molecule has 3 heterocycles. The predicted octanol–water partition coefficient (Wildman–Crippen LogP) is 4.40. The maximum absolute atomic E-state index is 14.0. The maximum atomic E-state index is 14.0. The van der Waals surface area contributed by atoms with E-state index >= 15 is 0 Å². The Kier molecular flexibility index (Phi) is 5.13. The van der Waals surface area contributed by atoms with Gasteiger partial charge in [-0.05, 0) is 38.0 Å². The summed E-state index contributed by atoms with van der Waals surface area (Å²) in [5, 5.41) is 0. The van der Waals surface area contributed by atoms with Crippen LogP contribution in [0.1, 0.15) is 40.1 Å². The first kappa shape index (κ1) is 20.9. The quantitative estimate of drug-likeness (QED) is 0.411. The van der Waals surface area contributed by atoms with E-state index in [-0.39, 0.29) is 29.8 Å². The van der Waals surface area contributed by atoms with Crippen LogP contribution in [0.2, 0.25) is 0 Å². The van der Waals surface area contributed by atoms with Crippen LogP contribution in [0.4, 0.5) is 5.69 Å². The van der Waals surface area contributed by atoms with Crippen LogP contribution in [0.15, 0.2) is 54.6 Å². The van der Waals surface area contributed by atoms with Gasteiger partial charge in [-0.1, -0.05) is 42.5 Å². The lowest BCUT2D eigenvalue weighted by Gasteiger charge is -2.26. The number of amides is 2. The predicted molar refractivity (Wildman–Crippen MR) is 122 cm³/mol. The smallest absolute Gasteiger partial charge is 0.333 e. The van der Waals surface area contributed by atoms with Gasteiger partial charge in [-0.15, -0.1) is 0 Å². The average molecular weight is 450 g/mol. The number of carbonyl (C=O) groups excluding carboxylic acids is 2. The lowest BCUT2D eigenvalue weighted by molar-refractivity contribution is 0.0925. The topological polar surface area (TPSA) is 77.8 Å². The first-order chi connectivity index (χ1) is 15.5. The highest BCUT2D eigenvalue weighted by Gasteiger charge is 2.50. The third-order valence-electron chi connectivity index (χ3n) is 5.82. The van der Waals surface area contributed by atoms with Crippen molar-refractivity contribution in [2.75, 3.05) is 18.1 Å². The van der Waals surface area contributed by atoms with Gasteiger partial charge in [0.05, 0.1) is 35.7 Å². The molecule has 2 aliphatic rings. The van der Waals surface area contributed by atoms with E-state index in [9.17, 15) is 14.2 Å². The highest BCUT2D eigenvalue weighted by Crippen LogP contribution is 2.52. The van der Waals surface area contributed by atoms with Crippen molar-refractivity contribution in [2.24, 2.45) is 0 Å². The summed E-state index contributed by atoms with van der Waals surface area (Å²) in [6, 6.07) is 16.6. The molecule has 0 atom stereocenters. The number of nitrogens with zero attached hydrogens (tertiary/aromatic N) is 2. The van der Waals surface area contributed by atoms with Gasteiger partial charge in [0.25, 0.3) is 11.8 Å². The van der Waals surface area contributed by atoms with Crippen LogP contribution in [0, 0.1) is 0 Å². The SMILES string of the molecule is CCOP(=O)(OCC)c1c2c(c3n1CCc1ccccc1-3)C(=O)N(c1ccccc1)C2=O. The first-order valence-electron chi connectivity index (χ1n) is 10.7. The standard InChI is InChI=1S/C24H23N2O5P/c1-3-30-32(29,31-4-2)24-20-19(21-18-13-9-8-10-16(18)14-15-25(21)24)22(27)26(23(20)28)17-11-6-5-7-12-17/h5-13H,3-4,14-15H2,1-2H3. The van der Waals surface area contributed by atoms with E-state index in [4.69, 9.17) is 9.05 Å². The summed E-state index contributed by atoms with van der Waals surface area (Å²) in [4.78, 5) is 28.5. The van der Waals surface area contributed by atoms with Gasteiger partial charge >= 0.3 is 7.60 Å². The third-order valence-corrected chi connectivity index (χ3v) is 8.00. The fourth-order valence-corrected chi connectivity index (χ4v) is 6.60. The highest BCUT2D eigenvalue weighted by molar-refractivity contribution is 7.62. The lowest BCUT2D eigenvalue weighted by Crippen LogP contribution is -2.35. The fourth-order valence-electron chi connectivity index (χ4n) is 4.63. The Morgan fingerprint density at radius 1 is 0.875 bits per heavy atom. The van der Waals surface area contributed by atoms with Crippen LogP contribution < -0.4 is 10.3 Å². The number of aromatic nitrogens is 1. The number of para-hydroxylation sites is 1. The van der Waals surface area contributed by atoms with Crippen molar-refractivity contribution < 1.29 is 23.2 Å². The van der Waals surface area contributed by atoms with E-state index < -0.39 is 19.4 Å². The van der Waals surface area contributed by atoms with Crippen molar-refractivity contribution in [2.45, 2.75) is 26.8 Å². The van der Waals surface area contributed by atoms with Crippen LogP contribution >= 0.6 is 7.60 Å². The number of rotatable bonds is 6. The van der Waals surface area contributed by atoms with Crippen molar-refractivity contribution in [1.29, 1.82) is 0 Å². The molecule has 7 nitrogen and oxygen atoms in total. The minimum Gasteiger partial charge on any atom is -0.333 e. The summed E-state index contributed by atoms with van der Waals surface area (Å²) < 4.78 is 27.1. The molecule has 0 fully saturated rings. The number of carbonyl (C=O) groups is 2. The molecule has 164 valence electrons. The molecular weight excluding hydrogens is 427 g/mol. The zero-order valence-electron chi connectivity index (χ0n) is 17.9. The molecule has 0 saturated heterocycles. The average Bonchev–Trinajstić information content (AvgIpc) is 3.28. The van der Waals surface area contributed by atoms with Crippen molar-refractivity contribution >= 4 is 30.5 Å². The number of benzene rings is 2. The molecule has 8 heteroatoms. The minimum atomic E-state index is -3.86. The van der Waals surface area contributed by atoms with Crippen LogP contribution in [0.25, 0.3) is 11.3 Å². The number of anilines is 1. The third kappa shape index (κ3) is 2.93. The second-order valence-corrected chi connectivity index (χ2v) is 9.53. The van der Waals surface area contributed by atoms with E-state index in [1.807, 2.05) is 30.3 Å². The van der Waals surface area contributed by atoms with Crippen LogP contribution in [0.3, 0.4) is 0 Å². The van der Waals surface area contributed by atoms with Crippen molar-refractivity contribution in [1.82, 2.24) is 4.57 Å². The monoisotopic (exact) mass is 450 g/mol. The van der Waals surface area contributed by atoms with E-state index in [1.165, 1.54) is 0 Å². The van der Waals surface area contributed by atoms with Gasteiger partial charge in [0.15, 0.2) is 0 Å².